The van der Waals surface area contributed by atoms with Crippen molar-refractivity contribution in [3.05, 3.63) is 24.3 Å². The van der Waals surface area contributed by atoms with E-state index >= 15 is 0 Å². The average molecular weight is 306 g/mol. The molecular weight excluding hydrogens is 284 g/mol. The summed E-state index contributed by atoms with van der Waals surface area (Å²) in [6, 6.07) is 9.29. The van der Waals surface area contributed by atoms with Gasteiger partial charge >= 0.3 is 0 Å². The average Bonchev–Trinajstić information content (AvgIpc) is 2.46. The Morgan fingerprint density at radius 2 is 1.95 bits per heavy atom. The first-order valence-corrected chi connectivity index (χ1v) is 7.85. The van der Waals surface area contributed by atoms with Crippen LogP contribution >= 0.6 is 11.8 Å². The van der Waals surface area contributed by atoms with Crippen molar-refractivity contribution in [2.24, 2.45) is 5.92 Å². The zero-order valence-electron chi connectivity index (χ0n) is 12.9. The molecule has 0 radical (unpaired) electrons. The van der Waals surface area contributed by atoms with E-state index in [1.807, 2.05) is 45.0 Å². The number of nitrogens with one attached hydrogen (secondary N) is 1. The van der Waals surface area contributed by atoms with Crippen LogP contribution < -0.4 is 10.1 Å². The van der Waals surface area contributed by atoms with E-state index in [9.17, 15) is 4.79 Å². The van der Waals surface area contributed by atoms with Crippen LogP contribution in [0, 0.1) is 17.2 Å². The van der Waals surface area contributed by atoms with Crippen LogP contribution in [-0.2, 0) is 4.79 Å². The second-order valence-electron chi connectivity index (χ2n) is 5.26. The molecule has 2 unspecified atom stereocenters. The van der Waals surface area contributed by atoms with Gasteiger partial charge in [-0.2, -0.15) is 5.26 Å². The van der Waals surface area contributed by atoms with E-state index in [-0.39, 0.29) is 11.2 Å². The quantitative estimate of drug-likeness (QED) is 0.786. The van der Waals surface area contributed by atoms with E-state index < -0.39 is 6.04 Å². The number of hydrogen-bond donors (Lipinski definition) is 1. The fraction of sp³-hybridized carbons (Fsp3) is 0.500. The van der Waals surface area contributed by atoms with Gasteiger partial charge in [-0.05, 0) is 43.5 Å². The molecule has 1 aromatic rings. The number of methoxy groups -OCH3 is 1. The SMILES string of the molecule is COc1ccc(SC(C)C(=O)NC(C#N)CC(C)C)cc1. The van der Waals surface area contributed by atoms with Gasteiger partial charge in [0.15, 0.2) is 0 Å². The number of thioether (sulfide) groups is 1. The first kappa shape index (κ1) is 17.4. The number of nitriles is 1. The summed E-state index contributed by atoms with van der Waals surface area (Å²) in [5, 5.41) is 11.6. The molecule has 0 aliphatic carbocycles. The molecule has 4 nitrogen and oxygen atoms in total. The van der Waals surface area contributed by atoms with Gasteiger partial charge in [0.25, 0.3) is 0 Å². The molecule has 0 saturated heterocycles. The molecule has 1 rings (SSSR count). The number of ether oxygens (including phenoxy) is 1. The van der Waals surface area contributed by atoms with Crippen molar-refractivity contribution in [2.75, 3.05) is 7.11 Å². The normalized spacial score (nSPS) is 13.3. The number of carbonyl (C=O) groups is 1. The lowest BCUT2D eigenvalue weighted by atomic mass is 10.0. The van der Waals surface area contributed by atoms with Crippen molar-refractivity contribution in [1.29, 1.82) is 5.26 Å². The predicted octanol–water partition coefficient (Wildman–Crippen LogP) is 3.23. The van der Waals surface area contributed by atoms with Crippen LogP contribution in [0.2, 0.25) is 0 Å². The zero-order chi connectivity index (χ0) is 15.8. The summed E-state index contributed by atoms with van der Waals surface area (Å²) in [5.74, 6) is 1.06. The number of rotatable bonds is 7. The highest BCUT2D eigenvalue weighted by Crippen LogP contribution is 2.25. The lowest BCUT2D eigenvalue weighted by Crippen LogP contribution is -2.39. The van der Waals surface area contributed by atoms with Crippen molar-refractivity contribution < 1.29 is 9.53 Å². The Morgan fingerprint density at radius 1 is 1.33 bits per heavy atom. The molecule has 0 spiro atoms. The Hall–Kier alpha value is -1.67. The lowest BCUT2D eigenvalue weighted by Gasteiger charge is -2.17. The maximum absolute atomic E-state index is 12.1. The van der Waals surface area contributed by atoms with E-state index in [0.717, 1.165) is 10.6 Å². The minimum atomic E-state index is -0.420. The number of benzene rings is 1. The highest BCUT2D eigenvalue weighted by Gasteiger charge is 2.19. The van der Waals surface area contributed by atoms with E-state index in [0.29, 0.717) is 12.3 Å². The van der Waals surface area contributed by atoms with Crippen molar-refractivity contribution in [1.82, 2.24) is 5.32 Å². The zero-order valence-corrected chi connectivity index (χ0v) is 13.7. The number of amides is 1. The second kappa shape index (κ2) is 8.58. The van der Waals surface area contributed by atoms with Crippen molar-refractivity contribution in [3.63, 3.8) is 0 Å². The molecular formula is C16H22N2O2S. The monoisotopic (exact) mass is 306 g/mol. The van der Waals surface area contributed by atoms with Gasteiger partial charge in [0.2, 0.25) is 5.91 Å². The highest BCUT2D eigenvalue weighted by atomic mass is 32.2. The van der Waals surface area contributed by atoms with Crippen LogP contribution in [0.1, 0.15) is 27.2 Å². The summed E-state index contributed by atoms with van der Waals surface area (Å²) in [5.41, 5.74) is 0. The van der Waals surface area contributed by atoms with Crippen LogP contribution in [0.3, 0.4) is 0 Å². The third-order valence-electron chi connectivity index (χ3n) is 2.92. The molecule has 114 valence electrons. The number of carbonyl (C=O) groups excluding carboxylic acids is 1. The van der Waals surface area contributed by atoms with Gasteiger partial charge in [-0.1, -0.05) is 13.8 Å². The Balaban J connectivity index is 2.55. The molecule has 2 atom stereocenters. The van der Waals surface area contributed by atoms with Crippen LogP contribution in [-0.4, -0.2) is 24.3 Å². The topological polar surface area (TPSA) is 62.1 Å². The fourth-order valence-corrected chi connectivity index (χ4v) is 2.69. The third-order valence-corrected chi connectivity index (χ3v) is 4.03. The van der Waals surface area contributed by atoms with E-state index in [4.69, 9.17) is 10.00 Å². The highest BCUT2D eigenvalue weighted by molar-refractivity contribution is 8.00. The molecule has 5 heteroatoms. The summed E-state index contributed by atoms with van der Waals surface area (Å²) in [4.78, 5) is 13.1. The molecule has 1 amide bonds. The standard InChI is InChI=1S/C16H22N2O2S/c1-11(2)9-13(10-17)18-16(19)12(3)21-15-7-5-14(20-4)6-8-15/h5-8,11-13H,9H2,1-4H3,(H,18,19). The molecule has 0 aliphatic heterocycles. The Bertz CT molecular complexity index is 494. The third kappa shape index (κ3) is 6.09. The number of hydrogen-bond acceptors (Lipinski definition) is 4. The maximum atomic E-state index is 12.1. The Kier molecular flexibility index (Phi) is 7.10. The van der Waals surface area contributed by atoms with Gasteiger partial charge in [-0.25, -0.2) is 0 Å². The largest absolute Gasteiger partial charge is 0.497 e. The Labute approximate surface area is 130 Å². The molecule has 0 saturated carbocycles. The van der Waals surface area contributed by atoms with Gasteiger partial charge in [0, 0.05) is 4.90 Å². The second-order valence-corrected chi connectivity index (χ2v) is 6.67. The maximum Gasteiger partial charge on any atom is 0.234 e. The summed E-state index contributed by atoms with van der Waals surface area (Å²) in [6.07, 6.45) is 0.669. The lowest BCUT2D eigenvalue weighted by molar-refractivity contribution is -0.120. The van der Waals surface area contributed by atoms with Gasteiger partial charge in [-0.3, -0.25) is 4.79 Å². The van der Waals surface area contributed by atoms with Crippen molar-refractivity contribution >= 4 is 17.7 Å². The Morgan fingerprint density at radius 3 is 2.43 bits per heavy atom. The minimum Gasteiger partial charge on any atom is -0.497 e. The van der Waals surface area contributed by atoms with Crippen molar-refractivity contribution in [2.45, 2.75) is 43.4 Å². The molecule has 0 bridgehead atoms. The molecule has 1 N–H and O–H groups in total. The number of nitrogens with zero attached hydrogens (tertiary/aromatic N) is 1. The molecule has 0 aliphatic rings. The molecule has 21 heavy (non-hydrogen) atoms. The van der Waals surface area contributed by atoms with Crippen LogP contribution in [0.25, 0.3) is 0 Å². The van der Waals surface area contributed by atoms with Crippen molar-refractivity contribution in [3.8, 4) is 11.8 Å². The van der Waals surface area contributed by atoms with Crippen LogP contribution in [0.5, 0.6) is 5.75 Å². The fourth-order valence-electron chi connectivity index (χ4n) is 1.82. The summed E-state index contributed by atoms with van der Waals surface area (Å²) >= 11 is 1.47. The van der Waals surface area contributed by atoms with Gasteiger partial charge in [-0.15, -0.1) is 11.8 Å². The predicted molar refractivity (Wildman–Crippen MR) is 85.3 cm³/mol. The van der Waals surface area contributed by atoms with Gasteiger partial charge < -0.3 is 10.1 Å². The summed E-state index contributed by atoms with van der Waals surface area (Å²) < 4.78 is 5.10. The molecule has 1 aromatic carbocycles. The molecule has 0 aromatic heterocycles. The van der Waals surface area contributed by atoms with E-state index in [2.05, 4.69) is 11.4 Å². The summed E-state index contributed by atoms with van der Waals surface area (Å²) in [7, 11) is 1.62. The van der Waals surface area contributed by atoms with Crippen LogP contribution in [0.15, 0.2) is 29.2 Å². The summed E-state index contributed by atoms with van der Waals surface area (Å²) in [6.45, 7) is 5.91. The van der Waals surface area contributed by atoms with Gasteiger partial charge in [0.1, 0.15) is 11.8 Å². The minimum absolute atomic E-state index is 0.108. The first-order chi connectivity index (χ1) is 9.96. The van der Waals surface area contributed by atoms with Crippen LogP contribution in [0.4, 0.5) is 0 Å². The van der Waals surface area contributed by atoms with E-state index in [1.54, 1.807) is 7.11 Å². The molecule has 0 fully saturated rings. The smallest absolute Gasteiger partial charge is 0.234 e. The molecule has 0 heterocycles. The van der Waals surface area contributed by atoms with Gasteiger partial charge in [0.05, 0.1) is 18.4 Å². The van der Waals surface area contributed by atoms with E-state index in [1.165, 1.54) is 11.8 Å². The first-order valence-electron chi connectivity index (χ1n) is 6.97.